The number of rotatable bonds is 6. The smallest absolute Gasteiger partial charge is 0.293 e. The van der Waals surface area contributed by atoms with Crippen molar-refractivity contribution in [3.8, 4) is 0 Å². The fourth-order valence-corrected chi connectivity index (χ4v) is 3.37. The molecular weight excluding hydrogens is 440 g/mol. The lowest BCUT2D eigenvalue weighted by molar-refractivity contribution is -0.384. The molecule has 0 atom stereocenters. The molecule has 150 valence electrons. The van der Waals surface area contributed by atoms with E-state index in [-0.39, 0.29) is 11.3 Å². The Balaban J connectivity index is 1.96. The van der Waals surface area contributed by atoms with Crippen molar-refractivity contribution in [2.24, 2.45) is 0 Å². The zero-order chi connectivity index (χ0) is 21.1. The van der Waals surface area contributed by atoms with Gasteiger partial charge in [0.2, 0.25) is 0 Å². The number of nitro benzene ring substituents is 1. The summed E-state index contributed by atoms with van der Waals surface area (Å²) in [6.07, 6.45) is 1.37. The summed E-state index contributed by atoms with van der Waals surface area (Å²) >= 11 is 3.32. The highest BCUT2D eigenvalue weighted by molar-refractivity contribution is 9.10. The second-order valence-electron chi connectivity index (χ2n) is 6.29. The van der Waals surface area contributed by atoms with Crippen LogP contribution in [0.15, 0.2) is 52.5 Å². The fourth-order valence-electron chi connectivity index (χ4n) is 3.10. The minimum absolute atomic E-state index is 0.0707. The molecule has 2 aromatic rings. The van der Waals surface area contributed by atoms with Gasteiger partial charge in [-0.25, -0.2) is 5.01 Å². The molecule has 29 heavy (non-hydrogen) atoms. The minimum Gasteiger partial charge on any atom is -0.367 e. The Morgan fingerprint density at radius 3 is 2.38 bits per heavy atom. The molecule has 0 radical (unpaired) electrons. The van der Waals surface area contributed by atoms with E-state index in [1.54, 1.807) is 36.4 Å². The Labute approximate surface area is 176 Å². The summed E-state index contributed by atoms with van der Waals surface area (Å²) in [5, 5.41) is 12.7. The van der Waals surface area contributed by atoms with Gasteiger partial charge >= 0.3 is 0 Å². The molecule has 2 aromatic carbocycles. The fraction of sp³-hybridized carbons (Fsp3) is 0.200. The number of halogens is 1. The van der Waals surface area contributed by atoms with Crippen LogP contribution >= 0.6 is 15.9 Å². The lowest BCUT2D eigenvalue weighted by Gasteiger charge is -2.20. The summed E-state index contributed by atoms with van der Waals surface area (Å²) in [5.41, 5.74) is 3.78. The molecule has 1 saturated heterocycles. The first-order valence-corrected chi connectivity index (χ1v) is 9.81. The molecule has 0 unspecified atom stereocenters. The Morgan fingerprint density at radius 1 is 1.14 bits per heavy atom. The van der Waals surface area contributed by atoms with Gasteiger partial charge in [0, 0.05) is 23.6 Å². The van der Waals surface area contributed by atoms with E-state index in [0.717, 1.165) is 9.48 Å². The number of carbonyl (C=O) groups is 2. The summed E-state index contributed by atoms with van der Waals surface area (Å²) < 4.78 is 0.843. The van der Waals surface area contributed by atoms with Crippen LogP contribution in [0.5, 0.6) is 0 Å². The summed E-state index contributed by atoms with van der Waals surface area (Å²) in [7, 11) is 0. The number of hydrazine groups is 1. The number of hydrogen-bond donors (Lipinski definition) is 1. The molecule has 8 nitrogen and oxygen atoms in total. The Kier molecular flexibility index (Phi) is 5.97. The van der Waals surface area contributed by atoms with Crippen molar-refractivity contribution in [2.45, 2.75) is 13.8 Å². The van der Waals surface area contributed by atoms with Gasteiger partial charge in [0.25, 0.3) is 17.5 Å². The third-order valence-corrected chi connectivity index (χ3v) is 5.12. The molecule has 1 aliphatic rings. The molecule has 2 amide bonds. The molecule has 0 aromatic heterocycles. The van der Waals surface area contributed by atoms with E-state index in [4.69, 9.17) is 0 Å². The lowest BCUT2D eigenvalue weighted by atomic mass is 10.1. The maximum absolute atomic E-state index is 12.7. The van der Waals surface area contributed by atoms with E-state index in [1.165, 1.54) is 12.1 Å². The van der Waals surface area contributed by atoms with Crippen LogP contribution in [0.2, 0.25) is 0 Å². The zero-order valence-corrected chi connectivity index (χ0v) is 17.5. The van der Waals surface area contributed by atoms with E-state index in [1.807, 2.05) is 18.7 Å². The van der Waals surface area contributed by atoms with Crippen LogP contribution in [0.25, 0.3) is 6.08 Å². The van der Waals surface area contributed by atoms with Crippen molar-refractivity contribution in [1.82, 2.24) is 5.43 Å². The monoisotopic (exact) mass is 458 g/mol. The molecule has 0 spiro atoms. The highest BCUT2D eigenvalue weighted by atomic mass is 79.9. The van der Waals surface area contributed by atoms with Gasteiger partial charge in [-0.15, -0.1) is 0 Å². The lowest BCUT2D eigenvalue weighted by Crippen LogP contribution is -2.35. The quantitative estimate of drug-likeness (QED) is 0.308. The van der Waals surface area contributed by atoms with Crippen LogP contribution in [0.3, 0.4) is 0 Å². The average molecular weight is 459 g/mol. The number of benzene rings is 2. The highest BCUT2D eigenvalue weighted by Gasteiger charge is 2.34. The van der Waals surface area contributed by atoms with Gasteiger partial charge in [-0.3, -0.25) is 25.1 Å². The second-order valence-corrected chi connectivity index (χ2v) is 7.21. The van der Waals surface area contributed by atoms with E-state index in [2.05, 4.69) is 21.4 Å². The first-order valence-electron chi connectivity index (χ1n) is 9.01. The normalized spacial score (nSPS) is 15.0. The maximum atomic E-state index is 12.7. The van der Waals surface area contributed by atoms with E-state index in [0.29, 0.717) is 30.0 Å². The van der Waals surface area contributed by atoms with Crippen molar-refractivity contribution in [1.29, 1.82) is 0 Å². The number of carbonyl (C=O) groups excluding carboxylic acids is 2. The molecule has 0 bridgehead atoms. The Bertz CT molecular complexity index is 1000. The van der Waals surface area contributed by atoms with E-state index < -0.39 is 16.7 Å². The molecule has 0 saturated carbocycles. The number of nitrogens with zero attached hydrogens (tertiary/aromatic N) is 3. The van der Waals surface area contributed by atoms with Crippen LogP contribution < -0.4 is 15.3 Å². The molecule has 9 heteroatoms. The molecule has 3 rings (SSSR count). The maximum Gasteiger partial charge on any atom is 0.293 e. The SMILES string of the molecule is CCN(CC)c1ccc(C=C2C(=O)NN(c3ccc(Br)cc3)C2=O)cc1[N+](=O)[O-]. The Morgan fingerprint density at radius 2 is 1.79 bits per heavy atom. The minimum atomic E-state index is -0.562. The summed E-state index contributed by atoms with van der Waals surface area (Å²) in [5.74, 6) is -1.08. The van der Waals surface area contributed by atoms with E-state index >= 15 is 0 Å². The van der Waals surface area contributed by atoms with Crippen LogP contribution in [0.1, 0.15) is 19.4 Å². The van der Waals surface area contributed by atoms with Gasteiger partial charge in [0.1, 0.15) is 11.3 Å². The van der Waals surface area contributed by atoms with Gasteiger partial charge in [-0.2, -0.15) is 0 Å². The number of nitrogens with one attached hydrogen (secondary N) is 1. The molecule has 1 N–H and O–H groups in total. The van der Waals surface area contributed by atoms with Crippen LogP contribution in [0, 0.1) is 10.1 Å². The summed E-state index contributed by atoms with van der Waals surface area (Å²) in [6, 6.07) is 11.6. The molecule has 1 heterocycles. The van der Waals surface area contributed by atoms with E-state index in [9.17, 15) is 19.7 Å². The van der Waals surface area contributed by atoms with Gasteiger partial charge in [-0.05, 0) is 55.8 Å². The number of hydrogen-bond acceptors (Lipinski definition) is 5. The average Bonchev–Trinajstić information content (AvgIpc) is 2.98. The number of anilines is 2. The van der Waals surface area contributed by atoms with Crippen LogP contribution in [-0.4, -0.2) is 29.8 Å². The van der Waals surface area contributed by atoms with Gasteiger partial charge < -0.3 is 4.90 Å². The predicted molar refractivity (Wildman–Crippen MR) is 114 cm³/mol. The van der Waals surface area contributed by atoms with Crippen LogP contribution in [0.4, 0.5) is 17.1 Å². The Hall–Kier alpha value is -3.20. The number of nitro groups is 1. The largest absolute Gasteiger partial charge is 0.367 e. The first kappa shape index (κ1) is 20.5. The van der Waals surface area contributed by atoms with Crippen molar-refractivity contribution in [2.75, 3.05) is 23.0 Å². The second kappa shape index (κ2) is 8.44. The zero-order valence-electron chi connectivity index (χ0n) is 15.9. The predicted octanol–water partition coefficient (Wildman–Crippen LogP) is 3.66. The third-order valence-electron chi connectivity index (χ3n) is 4.59. The topological polar surface area (TPSA) is 95.8 Å². The first-order chi connectivity index (χ1) is 13.8. The van der Waals surface area contributed by atoms with Crippen LogP contribution in [-0.2, 0) is 9.59 Å². The highest BCUT2D eigenvalue weighted by Crippen LogP contribution is 2.31. The van der Waals surface area contributed by atoms with Crippen molar-refractivity contribution >= 4 is 50.9 Å². The molecule has 1 fully saturated rings. The summed E-state index contributed by atoms with van der Waals surface area (Å²) in [6.45, 7) is 5.09. The molecular formula is C20H19BrN4O4. The molecule has 1 aliphatic heterocycles. The summed E-state index contributed by atoms with van der Waals surface area (Å²) in [4.78, 5) is 38.0. The van der Waals surface area contributed by atoms with Crippen molar-refractivity contribution in [3.63, 3.8) is 0 Å². The third kappa shape index (κ3) is 4.14. The standard InChI is InChI=1S/C20H19BrN4O4/c1-3-23(4-2)17-10-5-13(12-18(17)25(28)29)11-16-19(26)22-24(20(16)27)15-8-6-14(21)7-9-15/h5-12H,3-4H2,1-2H3,(H,22,26). The number of amides is 2. The van der Waals surface area contributed by atoms with Crippen molar-refractivity contribution < 1.29 is 14.5 Å². The van der Waals surface area contributed by atoms with Gasteiger partial charge in [-0.1, -0.05) is 22.0 Å². The van der Waals surface area contributed by atoms with Gasteiger partial charge in [0.15, 0.2) is 0 Å². The van der Waals surface area contributed by atoms with Crippen molar-refractivity contribution in [3.05, 3.63) is 68.2 Å². The van der Waals surface area contributed by atoms with Gasteiger partial charge in [0.05, 0.1) is 10.6 Å². The molecule has 0 aliphatic carbocycles.